The fourth-order valence-electron chi connectivity index (χ4n) is 2.13. The van der Waals surface area contributed by atoms with Crippen LogP contribution < -0.4 is 5.32 Å². The molecule has 0 spiro atoms. The highest BCUT2D eigenvalue weighted by atomic mass is 32.2. The normalized spacial score (nSPS) is 18.7. The number of hydrogen-bond acceptors (Lipinski definition) is 4. The monoisotopic (exact) mass is 266 g/mol. The fourth-order valence-corrected chi connectivity index (χ4v) is 3.06. The Bertz CT molecular complexity index is 328. The molecule has 1 unspecified atom stereocenters. The van der Waals surface area contributed by atoms with Gasteiger partial charge in [0.2, 0.25) is 0 Å². The number of aliphatic hydroxyl groups is 1. The van der Waals surface area contributed by atoms with E-state index in [4.69, 9.17) is 0 Å². The topological polar surface area (TPSA) is 35.5 Å². The number of thioether (sulfide) groups is 1. The molecule has 3 nitrogen and oxygen atoms in total. The van der Waals surface area contributed by atoms with Crippen LogP contribution >= 0.6 is 11.8 Å². The predicted octanol–water partition coefficient (Wildman–Crippen LogP) is 1.19. The highest BCUT2D eigenvalue weighted by molar-refractivity contribution is 7.98. The standard InChI is InChI=1S/C14H22N2OS/c17-14(10-16-8-6-15-7-9-16)12-18-11-13-4-2-1-3-5-13/h1-5,14-15,17H,6-12H2. The summed E-state index contributed by atoms with van der Waals surface area (Å²) < 4.78 is 0. The summed E-state index contributed by atoms with van der Waals surface area (Å²) in [6.45, 7) is 5.01. The average Bonchev–Trinajstić information content (AvgIpc) is 2.41. The van der Waals surface area contributed by atoms with Gasteiger partial charge in [0.05, 0.1) is 6.10 Å². The molecule has 2 N–H and O–H groups in total. The molecule has 0 radical (unpaired) electrons. The van der Waals surface area contributed by atoms with Gasteiger partial charge in [-0.1, -0.05) is 30.3 Å². The largest absolute Gasteiger partial charge is 0.391 e. The summed E-state index contributed by atoms with van der Waals surface area (Å²) in [5.74, 6) is 1.80. The molecule has 0 aliphatic carbocycles. The van der Waals surface area contributed by atoms with Gasteiger partial charge >= 0.3 is 0 Å². The minimum absolute atomic E-state index is 0.211. The maximum Gasteiger partial charge on any atom is 0.0757 e. The molecule has 0 amide bonds. The summed E-state index contributed by atoms with van der Waals surface area (Å²) in [4.78, 5) is 2.34. The van der Waals surface area contributed by atoms with Crippen LogP contribution in [0.25, 0.3) is 0 Å². The Morgan fingerprint density at radius 1 is 1.22 bits per heavy atom. The van der Waals surface area contributed by atoms with Crippen molar-refractivity contribution < 1.29 is 5.11 Å². The van der Waals surface area contributed by atoms with Gasteiger partial charge in [0.15, 0.2) is 0 Å². The molecule has 1 aliphatic rings. The molecule has 1 aliphatic heterocycles. The van der Waals surface area contributed by atoms with E-state index in [1.165, 1.54) is 5.56 Å². The second-order valence-corrected chi connectivity index (χ2v) is 5.74. The Balaban J connectivity index is 1.61. The zero-order valence-corrected chi connectivity index (χ0v) is 11.5. The summed E-state index contributed by atoms with van der Waals surface area (Å²) in [7, 11) is 0. The Morgan fingerprint density at radius 2 is 1.94 bits per heavy atom. The quantitative estimate of drug-likeness (QED) is 0.811. The van der Waals surface area contributed by atoms with Gasteiger partial charge in [-0.3, -0.25) is 4.90 Å². The number of nitrogens with zero attached hydrogens (tertiary/aromatic N) is 1. The lowest BCUT2D eigenvalue weighted by Gasteiger charge is -2.28. The van der Waals surface area contributed by atoms with Crippen molar-refractivity contribution in [2.24, 2.45) is 0 Å². The van der Waals surface area contributed by atoms with Gasteiger partial charge in [0, 0.05) is 44.2 Å². The van der Waals surface area contributed by atoms with E-state index in [0.717, 1.165) is 44.2 Å². The van der Waals surface area contributed by atoms with Gasteiger partial charge in [-0.25, -0.2) is 0 Å². The van der Waals surface area contributed by atoms with Crippen LogP contribution in [0.15, 0.2) is 30.3 Å². The van der Waals surface area contributed by atoms with Gasteiger partial charge in [-0.15, -0.1) is 0 Å². The molecule has 1 aromatic carbocycles. The lowest BCUT2D eigenvalue weighted by atomic mass is 10.2. The molecule has 0 saturated carbocycles. The number of β-amino-alcohol motifs (C(OH)–C–C–N with tert-alkyl or cyclic N) is 1. The van der Waals surface area contributed by atoms with E-state index < -0.39 is 0 Å². The molecule has 1 atom stereocenters. The van der Waals surface area contributed by atoms with Gasteiger partial charge in [-0.2, -0.15) is 11.8 Å². The maximum atomic E-state index is 10.00. The molecule has 1 fully saturated rings. The van der Waals surface area contributed by atoms with E-state index in [-0.39, 0.29) is 6.10 Å². The smallest absolute Gasteiger partial charge is 0.0757 e. The van der Waals surface area contributed by atoms with Crippen molar-refractivity contribution in [3.05, 3.63) is 35.9 Å². The third-order valence-electron chi connectivity index (χ3n) is 3.10. The van der Waals surface area contributed by atoms with Gasteiger partial charge < -0.3 is 10.4 Å². The number of rotatable bonds is 6. The van der Waals surface area contributed by atoms with Crippen LogP contribution in [0.2, 0.25) is 0 Å². The Labute approximate surface area is 114 Å². The van der Waals surface area contributed by atoms with Crippen molar-refractivity contribution >= 4 is 11.8 Å². The summed E-state index contributed by atoms with van der Waals surface area (Å²) in [6.07, 6.45) is -0.211. The van der Waals surface area contributed by atoms with Crippen molar-refractivity contribution in [3.63, 3.8) is 0 Å². The number of piperazine rings is 1. The van der Waals surface area contributed by atoms with Gasteiger partial charge in [0.25, 0.3) is 0 Å². The van der Waals surface area contributed by atoms with E-state index in [2.05, 4.69) is 34.5 Å². The number of benzene rings is 1. The first-order chi connectivity index (χ1) is 8.84. The number of nitrogens with one attached hydrogen (secondary N) is 1. The van der Waals surface area contributed by atoms with Crippen molar-refractivity contribution in [1.82, 2.24) is 10.2 Å². The molecule has 0 bridgehead atoms. The second-order valence-electron chi connectivity index (χ2n) is 4.71. The molecule has 2 rings (SSSR count). The minimum atomic E-state index is -0.211. The third kappa shape index (κ3) is 4.98. The first kappa shape index (κ1) is 13.9. The summed E-state index contributed by atoms with van der Waals surface area (Å²) >= 11 is 1.81. The van der Waals surface area contributed by atoms with E-state index in [1.54, 1.807) is 0 Å². The van der Waals surface area contributed by atoms with E-state index in [1.807, 2.05) is 17.8 Å². The van der Waals surface area contributed by atoms with E-state index in [9.17, 15) is 5.11 Å². The summed E-state index contributed by atoms with van der Waals surface area (Å²) in [5.41, 5.74) is 1.33. The van der Waals surface area contributed by atoms with Crippen molar-refractivity contribution in [2.45, 2.75) is 11.9 Å². The third-order valence-corrected chi connectivity index (χ3v) is 4.26. The summed E-state index contributed by atoms with van der Waals surface area (Å²) in [5, 5.41) is 13.3. The zero-order valence-electron chi connectivity index (χ0n) is 10.7. The highest BCUT2D eigenvalue weighted by Crippen LogP contribution is 2.13. The second kappa shape index (κ2) is 7.79. The molecule has 1 aromatic rings. The molecular weight excluding hydrogens is 244 g/mol. The summed E-state index contributed by atoms with van der Waals surface area (Å²) in [6, 6.07) is 10.4. The fraction of sp³-hybridized carbons (Fsp3) is 0.571. The molecule has 1 saturated heterocycles. The van der Waals surface area contributed by atoms with Crippen LogP contribution in [0, 0.1) is 0 Å². The first-order valence-electron chi connectivity index (χ1n) is 6.57. The van der Waals surface area contributed by atoms with E-state index >= 15 is 0 Å². The lowest BCUT2D eigenvalue weighted by Crippen LogP contribution is -2.46. The first-order valence-corrected chi connectivity index (χ1v) is 7.73. The lowest BCUT2D eigenvalue weighted by molar-refractivity contribution is 0.121. The van der Waals surface area contributed by atoms with Crippen LogP contribution in [0.4, 0.5) is 0 Å². The van der Waals surface area contributed by atoms with Gasteiger partial charge in [0.1, 0.15) is 0 Å². The van der Waals surface area contributed by atoms with Gasteiger partial charge in [-0.05, 0) is 5.56 Å². The SMILES string of the molecule is OC(CSCc1ccccc1)CN1CCNCC1. The maximum absolute atomic E-state index is 10.00. The van der Waals surface area contributed by atoms with Crippen molar-refractivity contribution in [1.29, 1.82) is 0 Å². The van der Waals surface area contributed by atoms with E-state index in [0.29, 0.717) is 0 Å². The average molecular weight is 266 g/mol. The molecule has 4 heteroatoms. The van der Waals surface area contributed by atoms with Crippen LogP contribution in [0.3, 0.4) is 0 Å². The molecule has 1 heterocycles. The predicted molar refractivity (Wildman–Crippen MR) is 77.9 cm³/mol. The minimum Gasteiger partial charge on any atom is -0.391 e. The van der Waals surface area contributed by atoms with Crippen LogP contribution in [-0.2, 0) is 5.75 Å². The van der Waals surface area contributed by atoms with Crippen LogP contribution in [0.5, 0.6) is 0 Å². The van der Waals surface area contributed by atoms with Crippen molar-refractivity contribution in [3.8, 4) is 0 Å². The van der Waals surface area contributed by atoms with Crippen LogP contribution in [0.1, 0.15) is 5.56 Å². The Kier molecular flexibility index (Phi) is 6.00. The Morgan fingerprint density at radius 3 is 2.67 bits per heavy atom. The molecule has 0 aromatic heterocycles. The number of aliphatic hydroxyl groups excluding tert-OH is 1. The Hall–Kier alpha value is -0.550. The zero-order chi connectivity index (χ0) is 12.6. The van der Waals surface area contributed by atoms with Crippen LogP contribution in [-0.4, -0.2) is 54.6 Å². The molecule has 18 heavy (non-hydrogen) atoms. The highest BCUT2D eigenvalue weighted by Gasteiger charge is 2.13. The molecule has 100 valence electrons. The van der Waals surface area contributed by atoms with Crippen molar-refractivity contribution in [2.75, 3.05) is 38.5 Å². The molecular formula is C14H22N2OS. The number of hydrogen-bond donors (Lipinski definition) is 2.